The van der Waals surface area contributed by atoms with Crippen molar-refractivity contribution in [2.24, 2.45) is 32.9 Å². The number of nitrogens with two attached hydrogens (primary N) is 4. The number of aliphatic imine (C=N–C) groups is 2. The van der Waals surface area contributed by atoms with Gasteiger partial charge in [0.2, 0.25) is 11.6 Å². The van der Waals surface area contributed by atoms with Crippen molar-refractivity contribution in [2.45, 2.75) is 0 Å². The second kappa shape index (κ2) is 10.8. The highest BCUT2D eigenvalue weighted by molar-refractivity contribution is 5.82. The molecule has 1 heterocycles. The van der Waals surface area contributed by atoms with Crippen molar-refractivity contribution in [2.75, 3.05) is 0 Å². The van der Waals surface area contributed by atoms with Crippen LogP contribution in [-0.4, -0.2) is 53.1 Å². The minimum absolute atomic E-state index is 0.00611. The van der Waals surface area contributed by atoms with Crippen LogP contribution < -0.4 is 22.9 Å². The van der Waals surface area contributed by atoms with Gasteiger partial charge in [0.1, 0.15) is 0 Å². The topological polar surface area (TPSA) is 307 Å². The third-order valence-corrected chi connectivity index (χ3v) is 0.989. The predicted octanol–water partition coefficient (Wildman–Crippen LogP) is -3.62. The molecule has 22 heavy (non-hydrogen) atoms. The first-order valence-electron chi connectivity index (χ1n) is 4.48. The van der Waals surface area contributed by atoms with Crippen LogP contribution in [0.5, 0.6) is 0 Å². The third-order valence-electron chi connectivity index (χ3n) is 0.989. The molecule has 0 aliphatic carbocycles. The monoisotopic (exact) mass is 322 g/mol. The van der Waals surface area contributed by atoms with Gasteiger partial charge in [0, 0.05) is 0 Å². The SMILES string of the molecule is NC(N)=Nc1nnnnc1N=C(N)N.O=[N+]([O-])O.O=[N+]([O-])O. The molecule has 18 heteroatoms. The maximum atomic E-state index is 8.36. The second-order valence-corrected chi connectivity index (χ2v) is 2.58. The van der Waals surface area contributed by atoms with Crippen molar-refractivity contribution in [1.29, 1.82) is 0 Å². The van der Waals surface area contributed by atoms with Gasteiger partial charge in [-0.05, 0) is 10.4 Å². The van der Waals surface area contributed by atoms with E-state index >= 15 is 0 Å². The summed E-state index contributed by atoms with van der Waals surface area (Å²) in [6, 6.07) is 0. The van der Waals surface area contributed by atoms with Crippen LogP contribution in [0.3, 0.4) is 0 Å². The zero-order chi connectivity index (χ0) is 17.7. The highest BCUT2D eigenvalue weighted by Gasteiger charge is 2.04. The Kier molecular flexibility index (Phi) is 9.89. The summed E-state index contributed by atoms with van der Waals surface area (Å²) in [6.45, 7) is 0. The molecule has 0 radical (unpaired) electrons. The van der Waals surface area contributed by atoms with Gasteiger partial charge in [-0.1, -0.05) is 0 Å². The smallest absolute Gasteiger partial charge is 0.291 e. The van der Waals surface area contributed by atoms with E-state index in [0.29, 0.717) is 0 Å². The lowest BCUT2D eigenvalue weighted by molar-refractivity contribution is -0.742. The normalized spacial score (nSPS) is 8.00. The van der Waals surface area contributed by atoms with Gasteiger partial charge in [-0.3, -0.25) is 0 Å². The minimum Gasteiger partial charge on any atom is -0.370 e. The van der Waals surface area contributed by atoms with E-state index < -0.39 is 10.2 Å². The van der Waals surface area contributed by atoms with E-state index in [1.54, 1.807) is 0 Å². The summed E-state index contributed by atoms with van der Waals surface area (Å²) in [5.74, 6) is -0.430. The van der Waals surface area contributed by atoms with E-state index in [4.69, 9.17) is 53.6 Å². The summed E-state index contributed by atoms with van der Waals surface area (Å²) in [4.78, 5) is 23.9. The average molecular weight is 322 g/mol. The average Bonchev–Trinajstić information content (AvgIpc) is 2.28. The van der Waals surface area contributed by atoms with Crippen LogP contribution in [0.1, 0.15) is 0 Å². The van der Waals surface area contributed by atoms with Crippen LogP contribution in [0.15, 0.2) is 9.98 Å². The molecule has 0 bridgehead atoms. The highest BCUT2D eigenvalue weighted by atomic mass is 16.9. The molecule has 0 unspecified atom stereocenters. The predicted molar refractivity (Wildman–Crippen MR) is 66.1 cm³/mol. The zero-order valence-corrected chi connectivity index (χ0v) is 10.4. The molecule has 0 saturated carbocycles. The van der Waals surface area contributed by atoms with E-state index in [0.717, 1.165) is 0 Å². The first-order chi connectivity index (χ1) is 10.1. The van der Waals surface area contributed by atoms with E-state index in [9.17, 15) is 0 Å². The molecule has 1 rings (SSSR count). The van der Waals surface area contributed by atoms with Crippen molar-refractivity contribution >= 4 is 23.6 Å². The summed E-state index contributed by atoms with van der Waals surface area (Å²) >= 11 is 0. The fraction of sp³-hybridized carbons (Fsp3) is 0. The Hall–Kier alpha value is -4.12. The van der Waals surface area contributed by atoms with E-state index in [1.165, 1.54) is 0 Å². The summed E-state index contributed by atoms with van der Waals surface area (Å²) in [5, 5.41) is 40.7. The van der Waals surface area contributed by atoms with Crippen LogP contribution in [-0.2, 0) is 0 Å². The van der Waals surface area contributed by atoms with Crippen molar-refractivity contribution in [3.05, 3.63) is 20.2 Å². The molecular weight excluding hydrogens is 312 g/mol. The van der Waals surface area contributed by atoms with Gasteiger partial charge in [-0.25, -0.2) is 0 Å². The van der Waals surface area contributed by atoms with E-state index in [-0.39, 0.29) is 23.6 Å². The van der Waals surface area contributed by atoms with Gasteiger partial charge in [0.25, 0.3) is 10.2 Å². The molecule has 10 N–H and O–H groups in total. The lowest BCUT2D eigenvalue weighted by Gasteiger charge is -1.95. The van der Waals surface area contributed by atoms with Crippen LogP contribution >= 0.6 is 0 Å². The van der Waals surface area contributed by atoms with Gasteiger partial charge in [0.05, 0.1) is 0 Å². The quantitative estimate of drug-likeness (QED) is 0.132. The minimum atomic E-state index is -1.50. The molecule has 18 nitrogen and oxygen atoms in total. The molecule has 0 aliphatic rings. The summed E-state index contributed by atoms with van der Waals surface area (Å²) < 4.78 is 0. The Balaban J connectivity index is 0. The molecule has 122 valence electrons. The molecule has 0 atom stereocenters. The molecule has 1 aromatic rings. The van der Waals surface area contributed by atoms with Crippen LogP contribution in [0.4, 0.5) is 11.6 Å². The van der Waals surface area contributed by atoms with Crippen molar-refractivity contribution in [3.63, 3.8) is 0 Å². The number of guanidine groups is 2. The fourth-order valence-corrected chi connectivity index (χ4v) is 0.603. The number of hydrogen-bond acceptors (Lipinski definition) is 10. The number of rotatable bonds is 2. The fourth-order valence-electron chi connectivity index (χ4n) is 0.603. The molecule has 0 amide bonds. The Morgan fingerprint density at radius 1 is 0.864 bits per heavy atom. The van der Waals surface area contributed by atoms with E-state index in [1.807, 2.05) is 0 Å². The molecular formula is C4H10N12O6. The third kappa shape index (κ3) is 15.9. The van der Waals surface area contributed by atoms with Crippen molar-refractivity contribution < 1.29 is 20.6 Å². The summed E-state index contributed by atoms with van der Waals surface area (Å²) in [5.41, 5.74) is 20.5. The summed E-state index contributed by atoms with van der Waals surface area (Å²) in [7, 11) is 0. The molecule has 0 fully saturated rings. The van der Waals surface area contributed by atoms with Gasteiger partial charge < -0.3 is 33.3 Å². The maximum absolute atomic E-state index is 8.36. The number of nitrogens with zero attached hydrogens (tertiary/aromatic N) is 8. The Labute approximate surface area is 119 Å². The van der Waals surface area contributed by atoms with E-state index in [2.05, 4.69) is 30.6 Å². The van der Waals surface area contributed by atoms with Gasteiger partial charge in [0.15, 0.2) is 11.9 Å². The largest absolute Gasteiger partial charge is 0.370 e. The van der Waals surface area contributed by atoms with Gasteiger partial charge >= 0.3 is 0 Å². The van der Waals surface area contributed by atoms with Crippen LogP contribution in [0, 0.1) is 20.2 Å². The highest BCUT2D eigenvalue weighted by Crippen LogP contribution is 2.18. The Morgan fingerprint density at radius 2 is 1.09 bits per heavy atom. The molecule has 0 saturated heterocycles. The number of aromatic nitrogens is 4. The lowest BCUT2D eigenvalue weighted by atomic mass is 10.6. The molecule has 0 aromatic carbocycles. The molecule has 1 aromatic heterocycles. The summed E-state index contributed by atoms with van der Waals surface area (Å²) in [6.07, 6.45) is 0. The second-order valence-electron chi connectivity index (χ2n) is 2.58. The zero-order valence-electron chi connectivity index (χ0n) is 10.4. The van der Waals surface area contributed by atoms with Crippen LogP contribution in [0.2, 0.25) is 0 Å². The molecule has 0 spiro atoms. The van der Waals surface area contributed by atoms with Crippen LogP contribution in [0.25, 0.3) is 0 Å². The first kappa shape index (κ1) is 20.2. The maximum Gasteiger partial charge on any atom is 0.291 e. The first-order valence-corrected chi connectivity index (χ1v) is 4.48. The molecule has 0 aliphatic heterocycles. The Bertz CT molecular complexity index is 491. The van der Waals surface area contributed by atoms with Gasteiger partial charge in [-0.2, -0.15) is 9.98 Å². The van der Waals surface area contributed by atoms with Crippen molar-refractivity contribution in [3.8, 4) is 0 Å². The standard InChI is InChI=1S/C4H8N10.2HNO3/c5-3(6)9-1-2(10-4(7)8)12-14-13-11-1;2*2-1(3)4/h(H4,5,6,9,11,14)(H4,7,8,10,12,13);2*(H,2,3,4). The number of hydrogen-bond donors (Lipinski definition) is 6. The Morgan fingerprint density at radius 3 is 1.27 bits per heavy atom. The van der Waals surface area contributed by atoms with Gasteiger partial charge in [-0.15, -0.1) is 30.4 Å². The lowest BCUT2D eigenvalue weighted by Crippen LogP contribution is -2.23. The van der Waals surface area contributed by atoms with Crippen molar-refractivity contribution in [1.82, 2.24) is 20.6 Å².